The van der Waals surface area contributed by atoms with Gasteiger partial charge in [0.25, 0.3) is 8.32 Å². The molecule has 1 aliphatic carbocycles. The van der Waals surface area contributed by atoms with Crippen molar-refractivity contribution in [2.24, 2.45) is 5.92 Å². The van der Waals surface area contributed by atoms with E-state index >= 15 is 0 Å². The maximum atomic E-state index is 12.2. The maximum Gasteiger partial charge on any atom is 0.261 e. The summed E-state index contributed by atoms with van der Waals surface area (Å²) in [4.78, 5) is 12.2. The highest BCUT2D eigenvalue weighted by Crippen LogP contribution is 2.37. The van der Waals surface area contributed by atoms with Gasteiger partial charge in [0.05, 0.1) is 0 Å². The number of rotatable bonds is 8. The lowest BCUT2D eigenvalue weighted by Gasteiger charge is -2.43. The Labute approximate surface area is 158 Å². The van der Waals surface area contributed by atoms with Crippen LogP contribution in [0.4, 0.5) is 0 Å². The molecule has 0 N–H and O–H groups in total. The first kappa shape index (κ1) is 19.1. The molecule has 0 spiro atoms. The fraction of sp³-hybridized carbons (Fsp3) is 0.435. The Morgan fingerprint density at radius 1 is 0.962 bits per heavy atom. The molecule has 3 heteroatoms. The van der Waals surface area contributed by atoms with Crippen molar-refractivity contribution in [2.75, 3.05) is 6.61 Å². The second kappa shape index (κ2) is 7.89. The standard InChI is InChI=1S/C23H30O2Si/c1-23(2,3)26(21-10-6-4-7-11-21,22-12-8-5-9-13-22)25-17-16-20(24)18-19-14-15-19/h4-13,19H,14-18H2,1-3H3. The van der Waals surface area contributed by atoms with Gasteiger partial charge in [0, 0.05) is 19.4 Å². The summed E-state index contributed by atoms with van der Waals surface area (Å²) in [6.45, 7) is 7.32. The van der Waals surface area contributed by atoms with E-state index < -0.39 is 8.32 Å². The Bertz CT molecular complexity index is 675. The van der Waals surface area contributed by atoms with Crippen molar-refractivity contribution >= 4 is 24.5 Å². The Balaban J connectivity index is 1.90. The van der Waals surface area contributed by atoms with E-state index in [9.17, 15) is 4.79 Å². The Morgan fingerprint density at radius 3 is 1.88 bits per heavy atom. The van der Waals surface area contributed by atoms with Gasteiger partial charge in [-0.2, -0.15) is 0 Å². The highest BCUT2D eigenvalue weighted by molar-refractivity contribution is 6.99. The van der Waals surface area contributed by atoms with Crippen LogP contribution in [0.15, 0.2) is 60.7 Å². The second-order valence-electron chi connectivity index (χ2n) is 8.45. The van der Waals surface area contributed by atoms with E-state index in [-0.39, 0.29) is 5.04 Å². The summed E-state index contributed by atoms with van der Waals surface area (Å²) >= 11 is 0. The van der Waals surface area contributed by atoms with Gasteiger partial charge < -0.3 is 4.43 Å². The zero-order chi connectivity index (χ0) is 18.6. The third kappa shape index (κ3) is 4.16. The van der Waals surface area contributed by atoms with Crippen LogP contribution in [0.2, 0.25) is 5.04 Å². The summed E-state index contributed by atoms with van der Waals surface area (Å²) in [7, 11) is -2.49. The van der Waals surface area contributed by atoms with Gasteiger partial charge in [0.2, 0.25) is 0 Å². The van der Waals surface area contributed by atoms with E-state index in [1.807, 2.05) is 0 Å². The summed E-state index contributed by atoms with van der Waals surface area (Å²) in [5.41, 5.74) is 0. The molecule has 1 saturated carbocycles. The molecule has 0 unspecified atom stereocenters. The molecule has 2 nitrogen and oxygen atoms in total. The van der Waals surface area contributed by atoms with Crippen LogP contribution in [0.25, 0.3) is 0 Å². The van der Waals surface area contributed by atoms with E-state index in [1.54, 1.807) is 0 Å². The molecule has 0 amide bonds. The molecular weight excluding hydrogens is 336 g/mol. The third-order valence-electron chi connectivity index (χ3n) is 5.33. The van der Waals surface area contributed by atoms with Crippen LogP contribution in [0.3, 0.4) is 0 Å². The van der Waals surface area contributed by atoms with Gasteiger partial charge >= 0.3 is 0 Å². The van der Waals surface area contributed by atoms with Crippen LogP contribution < -0.4 is 10.4 Å². The number of hydrogen-bond donors (Lipinski definition) is 0. The fourth-order valence-corrected chi connectivity index (χ4v) is 8.39. The minimum absolute atomic E-state index is 0.0325. The maximum absolute atomic E-state index is 12.2. The van der Waals surface area contributed by atoms with Gasteiger partial charge in [-0.15, -0.1) is 0 Å². The van der Waals surface area contributed by atoms with Crippen LogP contribution in [0.5, 0.6) is 0 Å². The molecule has 1 fully saturated rings. The van der Waals surface area contributed by atoms with Crippen LogP contribution in [-0.2, 0) is 9.22 Å². The quantitative estimate of drug-likeness (QED) is 0.650. The van der Waals surface area contributed by atoms with Crippen LogP contribution in [0, 0.1) is 5.92 Å². The number of hydrogen-bond acceptors (Lipinski definition) is 2. The summed E-state index contributed by atoms with van der Waals surface area (Å²) < 4.78 is 6.76. The van der Waals surface area contributed by atoms with Crippen LogP contribution >= 0.6 is 0 Å². The van der Waals surface area contributed by atoms with Crippen LogP contribution in [-0.4, -0.2) is 20.7 Å². The summed E-state index contributed by atoms with van der Waals surface area (Å²) in [5, 5.41) is 2.51. The average Bonchev–Trinajstić information content (AvgIpc) is 3.43. The van der Waals surface area contributed by atoms with Gasteiger partial charge in [-0.25, -0.2) is 0 Å². The third-order valence-corrected chi connectivity index (χ3v) is 10.4. The molecule has 0 heterocycles. The summed E-state index contributed by atoms with van der Waals surface area (Å²) in [6, 6.07) is 21.2. The molecule has 0 radical (unpaired) electrons. The summed E-state index contributed by atoms with van der Waals surface area (Å²) in [6.07, 6.45) is 3.72. The molecule has 0 aromatic heterocycles. The molecule has 1 aliphatic rings. The highest BCUT2D eigenvalue weighted by atomic mass is 28.4. The molecule has 0 aliphatic heterocycles. The Kier molecular flexibility index (Phi) is 5.78. The van der Waals surface area contributed by atoms with Crippen molar-refractivity contribution in [1.82, 2.24) is 0 Å². The van der Waals surface area contributed by atoms with E-state index in [0.29, 0.717) is 24.7 Å². The lowest BCUT2D eigenvalue weighted by atomic mass is 10.1. The lowest BCUT2D eigenvalue weighted by molar-refractivity contribution is -0.119. The topological polar surface area (TPSA) is 26.3 Å². The molecule has 138 valence electrons. The van der Waals surface area contributed by atoms with Crippen molar-refractivity contribution in [3.05, 3.63) is 60.7 Å². The van der Waals surface area contributed by atoms with E-state index in [0.717, 1.165) is 6.42 Å². The molecule has 0 atom stereocenters. The number of ketones is 1. The molecule has 3 rings (SSSR count). The van der Waals surface area contributed by atoms with Crippen molar-refractivity contribution < 1.29 is 9.22 Å². The first-order valence-corrected chi connectivity index (χ1v) is 11.6. The minimum Gasteiger partial charge on any atom is -0.407 e. The first-order valence-electron chi connectivity index (χ1n) is 9.70. The molecule has 2 aromatic carbocycles. The van der Waals surface area contributed by atoms with Crippen molar-refractivity contribution in [1.29, 1.82) is 0 Å². The molecule has 0 bridgehead atoms. The second-order valence-corrected chi connectivity index (χ2v) is 12.8. The van der Waals surface area contributed by atoms with Crippen LogP contribution in [0.1, 0.15) is 46.5 Å². The lowest BCUT2D eigenvalue weighted by Crippen LogP contribution is -2.66. The van der Waals surface area contributed by atoms with Crippen molar-refractivity contribution in [3.8, 4) is 0 Å². The number of Topliss-reactive ketones (excluding diaryl/α,β-unsaturated/α-hetero) is 1. The predicted octanol–water partition coefficient (Wildman–Crippen LogP) is 4.32. The predicted molar refractivity (Wildman–Crippen MR) is 111 cm³/mol. The number of carbonyl (C=O) groups excluding carboxylic acids is 1. The van der Waals surface area contributed by atoms with Gasteiger partial charge in [-0.3, -0.25) is 4.79 Å². The number of benzene rings is 2. The van der Waals surface area contributed by atoms with Gasteiger partial charge in [0.1, 0.15) is 5.78 Å². The van der Waals surface area contributed by atoms with Crippen molar-refractivity contribution in [2.45, 2.75) is 51.5 Å². The largest absolute Gasteiger partial charge is 0.407 e. The molecule has 0 saturated heterocycles. The van der Waals surface area contributed by atoms with Gasteiger partial charge in [-0.05, 0) is 34.2 Å². The summed E-state index contributed by atoms with van der Waals surface area (Å²) in [5.74, 6) is 1.00. The SMILES string of the molecule is CC(C)(C)[Si](OCCC(=O)CC1CC1)(c1ccccc1)c1ccccc1. The molecule has 2 aromatic rings. The van der Waals surface area contributed by atoms with Gasteiger partial charge in [-0.1, -0.05) is 81.4 Å². The normalized spacial score (nSPS) is 15.0. The molecule has 26 heavy (non-hydrogen) atoms. The smallest absolute Gasteiger partial charge is 0.261 e. The minimum atomic E-state index is -2.49. The van der Waals surface area contributed by atoms with E-state index in [1.165, 1.54) is 23.2 Å². The first-order chi connectivity index (χ1) is 12.4. The number of carbonyl (C=O) groups is 1. The van der Waals surface area contributed by atoms with E-state index in [4.69, 9.17) is 4.43 Å². The fourth-order valence-electron chi connectivity index (χ4n) is 3.83. The molecular formula is C23H30O2Si. The zero-order valence-electron chi connectivity index (χ0n) is 16.2. The Morgan fingerprint density at radius 2 is 1.46 bits per heavy atom. The average molecular weight is 367 g/mol. The highest BCUT2D eigenvalue weighted by Gasteiger charge is 2.50. The van der Waals surface area contributed by atoms with Gasteiger partial charge in [0.15, 0.2) is 0 Å². The van der Waals surface area contributed by atoms with Crippen molar-refractivity contribution in [3.63, 3.8) is 0 Å². The van der Waals surface area contributed by atoms with E-state index in [2.05, 4.69) is 81.4 Å². The zero-order valence-corrected chi connectivity index (χ0v) is 17.2. The monoisotopic (exact) mass is 366 g/mol. The Hall–Kier alpha value is -1.71.